The number of carbonyl (C=O) groups is 1. The molecule has 0 aliphatic carbocycles. The maximum atomic E-state index is 11.2. The quantitative estimate of drug-likeness (QED) is 0.589. The molecule has 108 valence electrons. The van der Waals surface area contributed by atoms with E-state index in [0.29, 0.717) is 12.1 Å². The van der Waals surface area contributed by atoms with Crippen molar-refractivity contribution in [2.24, 2.45) is 0 Å². The van der Waals surface area contributed by atoms with Gasteiger partial charge in [0.2, 0.25) is 0 Å². The van der Waals surface area contributed by atoms with Crippen LogP contribution in [0.2, 0.25) is 0 Å². The van der Waals surface area contributed by atoms with E-state index in [0.717, 1.165) is 31.7 Å². The van der Waals surface area contributed by atoms with Crippen LogP contribution in [0.25, 0.3) is 0 Å². The van der Waals surface area contributed by atoms with Gasteiger partial charge in [-0.3, -0.25) is 0 Å². The van der Waals surface area contributed by atoms with Crippen LogP contribution in [0, 0.1) is 0 Å². The van der Waals surface area contributed by atoms with E-state index < -0.39 is 0 Å². The zero-order chi connectivity index (χ0) is 14.2. The molecule has 0 aromatic carbocycles. The third-order valence-electron chi connectivity index (χ3n) is 2.95. The minimum atomic E-state index is -0.375. The van der Waals surface area contributed by atoms with Crippen LogP contribution in [-0.4, -0.2) is 29.2 Å². The number of rotatable bonds is 8. The third-order valence-corrected chi connectivity index (χ3v) is 2.95. The monoisotopic (exact) mass is 277 g/mol. The minimum absolute atomic E-state index is 0.375. The van der Waals surface area contributed by atoms with Gasteiger partial charge in [-0.15, -0.1) is 0 Å². The Hall–Kier alpha value is -2.08. The van der Waals surface area contributed by atoms with Gasteiger partial charge in [-0.25, -0.2) is 9.78 Å². The van der Waals surface area contributed by atoms with Gasteiger partial charge in [0.05, 0.1) is 25.5 Å². The largest absolute Gasteiger partial charge is 0.467 e. The van der Waals surface area contributed by atoms with Gasteiger partial charge in [0.25, 0.3) is 0 Å². The van der Waals surface area contributed by atoms with Crippen molar-refractivity contribution in [3.63, 3.8) is 0 Å². The number of nitrogens with zero attached hydrogens (tertiary/aromatic N) is 2. The number of nitrogens with one attached hydrogen (secondary N) is 1. The van der Waals surface area contributed by atoms with Crippen molar-refractivity contribution < 1.29 is 13.9 Å². The fourth-order valence-corrected chi connectivity index (χ4v) is 1.87. The van der Waals surface area contributed by atoms with Gasteiger partial charge in [-0.05, 0) is 25.5 Å². The van der Waals surface area contributed by atoms with Crippen LogP contribution in [0.4, 0.5) is 0 Å². The number of methoxy groups -OCH3 is 1. The molecule has 20 heavy (non-hydrogen) atoms. The summed E-state index contributed by atoms with van der Waals surface area (Å²) >= 11 is 0. The van der Waals surface area contributed by atoms with E-state index in [-0.39, 0.29) is 5.97 Å². The number of aryl methyl sites for hydroxylation is 1. The van der Waals surface area contributed by atoms with E-state index in [9.17, 15) is 4.79 Å². The molecule has 0 aliphatic heterocycles. The molecule has 2 rings (SSSR count). The van der Waals surface area contributed by atoms with Crippen molar-refractivity contribution in [2.75, 3.05) is 13.7 Å². The number of esters is 1. The van der Waals surface area contributed by atoms with Crippen molar-refractivity contribution in [2.45, 2.75) is 25.9 Å². The summed E-state index contributed by atoms with van der Waals surface area (Å²) in [6.45, 7) is 2.50. The molecular weight excluding hydrogens is 258 g/mol. The molecule has 0 spiro atoms. The molecule has 2 aromatic rings. The summed E-state index contributed by atoms with van der Waals surface area (Å²) in [7, 11) is 1.35. The highest BCUT2D eigenvalue weighted by atomic mass is 16.5. The van der Waals surface area contributed by atoms with Crippen LogP contribution in [0.15, 0.2) is 35.5 Å². The first-order chi connectivity index (χ1) is 9.79. The van der Waals surface area contributed by atoms with Crippen LogP contribution in [0.3, 0.4) is 0 Å². The fourth-order valence-electron chi connectivity index (χ4n) is 1.87. The Morgan fingerprint density at radius 2 is 2.40 bits per heavy atom. The first kappa shape index (κ1) is 14.3. The Bertz CT molecular complexity index is 520. The molecule has 0 saturated carbocycles. The second-order valence-corrected chi connectivity index (χ2v) is 4.48. The predicted octanol–water partition coefficient (Wildman–Crippen LogP) is 1.83. The number of hydrogen-bond donors (Lipinski definition) is 1. The fraction of sp³-hybridized carbons (Fsp3) is 0.429. The topological polar surface area (TPSA) is 69.3 Å². The second kappa shape index (κ2) is 7.49. The number of imidazole rings is 1. The van der Waals surface area contributed by atoms with Gasteiger partial charge in [-0.1, -0.05) is 0 Å². The molecular formula is C14H19N3O3. The summed E-state index contributed by atoms with van der Waals surface area (Å²) in [6.07, 6.45) is 9.16. The van der Waals surface area contributed by atoms with Crippen molar-refractivity contribution in [1.29, 1.82) is 0 Å². The van der Waals surface area contributed by atoms with E-state index >= 15 is 0 Å². The second-order valence-electron chi connectivity index (χ2n) is 4.48. The standard InChI is InChI=1S/C14H19N3O3/c1-19-14(18)12-8-13(20-10-12)9-15-4-2-3-6-17-7-5-16-11-17/h5,7-8,10-11,15H,2-4,6,9H2,1H3. The molecule has 2 aromatic heterocycles. The van der Waals surface area contributed by atoms with Crippen LogP contribution in [0.1, 0.15) is 29.0 Å². The molecule has 0 atom stereocenters. The van der Waals surface area contributed by atoms with E-state index in [2.05, 4.69) is 19.6 Å². The van der Waals surface area contributed by atoms with Gasteiger partial charge in [0.15, 0.2) is 0 Å². The maximum absolute atomic E-state index is 11.2. The SMILES string of the molecule is COC(=O)c1coc(CNCCCCn2ccnc2)c1. The Labute approximate surface area is 117 Å². The number of carbonyl (C=O) groups excluding carboxylic acids is 1. The lowest BCUT2D eigenvalue weighted by atomic mass is 10.3. The van der Waals surface area contributed by atoms with Crippen LogP contribution in [0.5, 0.6) is 0 Å². The minimum Gasteiger partial charge on any atom is -0.467 e. The summed E-state index contributed by atoms with van der Waals surface area (Å²) in [5.74, 6) is 0.361. The number of hydrogen-bond acceptors (Lipinski definition) is 5. The van der Waals surface area contributed by atoms with E-state index in [4.69, 9.17) is 4.42 Å². The molecule has 6 heteroatoms. The molecule has 1 N–H and O–H groups in total. The van der Waals surface area contributed by atoms with Gasteiger partial charge in [0.1, 0.15) is 12.0 Å². The highest BCUT2D eigenvalue weighted by Gasteiger charge is 2.09. The van der Waals surface area contributed by atoms with Crippen LogP contribution in [-0.2, 0) is 17.8 Å². The molecule has 0 saturated heterocycles. The number of aromatic nitrogens is 2. The molecule has 0 fully saturated rings. The van der Waals surface area contributed by atoms with Crippen molar-refractivity contribution in [3.05, 3.63) is 42.4 Å². The average molecular weight is 277 g/mol. The number of furan rings is 1. The first-order valence-electron chi connectivity index (χ1n) is 6.62. The van der Waals surface area contributed by atoms with Crippen LogP contribution >= 0.6 is 0 Å². The number of unbranched alkanes of at least 4 members (excludes halogenated alkanes) is 1. The molecule has 0 amide bonds. The van der Waals surface area contributed by atoms with Crippen LogP contribution < -0.4 is 5.32 Å². The zero-order valence-corrected chi connectivity index (χ0v) is 11.5. The molecule has 0 unspecified atom stereocenters. The van der Waals surface area contributed by atoms with Gasteiger partial charge in [-0.2, -0.15) is 0 Å². The summed E-state index contributed by atoms with van der Waals surface area (Å²) in [5, 5.41) is 3.28. The van der Waals surface area contributed by atoms with Gasteiger partial charge < -0.3 is 19.0 Å². The van der Waals surface area contributed by atoms with Gasteiger partial charge in [0, 0.05) is 18.9 Å². The Kier molecular flexibility index (Phi) is 5.37. The summed E-state index contributed by atoms with van der Waals surface area (Å²) < 4.78 is 12.0. The highest BCUT2D eigenvalue weighted by Crippen LogP contribution is 2.08. The van der Waals surface area contributed by atoms with Crippen molar-refractivity contribution in [1.82, 2.24) is 14.9 Å². The Morgan fingerprint density at radius 3 is 3.15 bits per heavy atom. The van der Waals surface area contributed by atoms with Crippen molar-refractivity contribution >= 4 is 5.97 Å². The lowest BCUT2D eigenvalue weighted by molar-refractivity contribution is 0.0600. The zero-order valence-electron chi connectivity index (χ0n) is 11.5. The summed E-state index contributed by atoms with van der Waals surface area (Å²) in [6, 6.07) is 1.70. The predicted molar refractivity (Wildman–Crippen MR) is 73.2 cm³/mol. The summed E-state index contributed by atoms with van der Waals surface area (Å²) in [5.41, 5.74) is 0.449. The van der Waals surface area contributed by atoms with Gasteiger partial charge >= 0.3 is 5.97 Å². The Morgan fingerprint density at radius 1 is 1.50 bits per heavy atom. The lowest BCUT2D eigenvalue weighted by Crippen LogP contribution is -2.14. The average Bonchev–Trinajstić information content (AvgIpc) is 3.13. The number of ether oxygens (including phenoxy) is 1. The molecule has 0 aliphatic rings. The van der Waals surface area contributed by atoms with E-state index in [1.807, 2.05) is 12.5 Å². The molecule has 2 heterocycles. The molecule has 0 radical (unpaired) electrons. The molecule has 6 nitrogen and oxygen atoms in total. The molecule has 0 bridgehead atoms. The van der Waals surface area contributed by atoms with Crippen molar-refractivity contribution in [3.8, 4) is 0 Å². The third kappa shape index (κ3) is 4.24. The highest BCUT2D eigenvalue weighted by molar-refractivity contribution is 5.88. The lowest BCUT2D eigenvalue weighted by Gasteiger charge is -2.03. The Balaban J connectivity index is 1.59. The van der Waals surface area contributed by atoms with E-state index in [1.54, 1.807) is 12.3 Å². The smallest absolute Gasteiger partial charge is 0.341 e. The summed E-state index contributed by atoms with van der Waals surface area (Å²) in [4.78, 5) is 15.2. The maximum Gasteiger partial charge on any atom is 0.341 e. The normalized spacial score (nSPS) is 10.7. The first-order valence-corrected chi connectivity index (χ1v) is 6.62. The van der Waals surface area contributed by atoms with E-state index in [1.165, 1.54) is 13.4 Å².